The van der Waals surface area contributed by atoms with Crippen molar-refractivity contribution >= 4 is 43.4 Å². The third-order valence-corrected chi connectivity index (χ3v) is 10.0. The Bertz CT molecular complexity index is 2880. The Morgan fingerprint density at radius 2 is 0.904 bits per heavy atom. The summed E-state index contributed by atoms with van der Waals surface area (Å²) in [6, 6.07) is 54.3. The molecule has 0 saturated carbocycles. The molecule has 4 heteroatoms. The van der Waals surface area contributed by atoms with E-state index in [2.05, 4.69) is 149 Å². The average molecular weight is 663 g/mol. The fourth-order valence-corrected chi connectivity index (χ4v) is 7.38. The zero-order valence-electron chi connectivity index (χ0n) is 28.1. The lowest BCUT2D eigenvalue weighted by Crippen LogP contribution is -1.92. The second-order valence-corrected chi connectivity index (χ2v) is 13.2. The Kier molecular flexibility index (Phi) is 7.10. The van der Waals surface area contributed by atoms with Crippen molar-refractivity contribution in [3.63, 3.8) is 0 Å². The van der Waals surface area contributed by atoms with E-state index in [0.717, 1.165) is 66.4 Å². The maximum atomic E-state index is 5.17. The van der Waals surface area contributed by atoms with Gasteiger partial charge in [-0.1, -0.05) is 72.8 Å². The van der Waals surface area contributed by atoms with Gasteiger partial charge in [-0.3, -0.25) is 15.0 Å². The zero-order valence-corrected chi connectivity index (χ0v) is 28.1. The maximum absolute atomic E-state index is 5.17. The van der Waals surface area contributed by atoms with Gasteiger partial charge in [-0.2, -0.15) is 0 Å². The lowest BCUT2D eigenvalue weighted by atomic mass is 9.92. The normalized spacial score (nSPS) is 11.5. The lowest BCUT2D eigenvalue weighted by Gasteiger charge is -2.14. The van der Waals surface area contributed by atoms with Gasteiger partial charge < -0.3 is 0 Å². The van der Waals surface area contributed by atoms with Crippen LogP contribution in [0.25, 0.3) is 99.1 Å². The van der Waals surface area contributed by atoms with Crippen LogP contribution in [0.2, 0.25) is 0 Å². The number of hydrogen-bond donors (Lipinski definition) is 0. The van der Waals surface area contributed by atoms with Gasteiger partial charge in [0.1, 0.15) is 0 Å². The topological polar surface area (TPSA) is 51.6 Å². The van der Waals surface area contributed by atoms with Gasteiger partial charge in [0.05, 0.1) is 16.7 Å². The summed E-state index contributed by atoms with van der Waals surface area (Å²) in [5.74, 6) is 0. The summed E-state index contributed by atoms with van der Waals surface area (Å²) >= 11 is 0. The highest BCUT2D eigenvalue weighted by molar-refractivity contribution is 6.10. The third-order valence-electron chi connectivity index (χ3n) is 10.0. The van der Waals surface area contributed by atoms with Crippen LogP contribution >= 0.6 is 0 Å². The van der Waals surface area contributed by atoms with Gasteiger partial charge in [0.25, 0.3) is 0 Å². The molecule has 52 heavy (non-hydrogen) atoms. The van der Waals surface area contributed by atoms with Crippen LogP contribution in [0.15, 0.2) is 183 Å². The third kappa shape index (κ3) is 5.34. The largest absolute Gasteiger partial charge is 0.265 e. The fraction of sp³-hybridized carbons (Fsp3) is 0. The molecule has 0 radical (unpaired) electrons. The molecule has 4 nitrogen and oxygen atoms in total. The number of benzene rings is 6. The molecule has 0 saturated heterocycles. The van der Waals surface area contributed by atoms with Crippen LogP contribution in [0.1, 0.15) is 0 Å². The minimum atomic E-state index is 0.917. The van der Waals surface area contributed by atoms with E-state index in [1.807, 2.05) is 43.1 Å². The molecular weight excluding hydrogens is 633 g/mol. The fourth-order valence-electron chi connectivity index (χ4n) is 7.38. The first-order valence-corrected chi connectivity index (χ1v) is 17.4. The highest BCUT2D eigenvalue weighted by Crippen LogP contribution is 2.38. The molecule has 4 aromatic heterocycles. The summed E-state index contributed by atoms with van der Waals surface area (Å²) in [6.07, 6.45) is 9.24. The highest BCUT2D eigenvalue weighted by atomic mass is 14.8. The van der Waals surface area contributed by atoms with Crippen molar-refractivity contribution in [3.8, 4) is 55.8 Å². The van der Waals surface area contributed by atoms with Gasteiger partial charge in [0.2, 0.25) is 0 Å². The quantitative estimate of drug-likeness (QED) is 0.136. The molecule has 0 unspecified atom stereocenters. The molecule has 0 N–H and O–H groups in total. The zero-order chi connectivity index (χ0) is 34.4. The highest BCUT2D eigenvalue weighted by Gasteiger charge is 2.14. The summed E-state index contributed by atoms with van der Waals surface area (Å²) in [4.78, 5) is 18.4. The van der Waals surface area contributed by atoms with Crippen LogP contribution in [0.5, 0.6) is 0 Å². The average Bonchev–Trinajstić information content (AvgIpc) is 3.23. The molecule has 242 valence electrons. The van der Waals surface area contributed by atoms with Gasteiger partial charge in [-0.05, 0) is 145 Å². The van der Waals surface area contributed by atoms with Gasteiger partial charge in [0, 0.05) is 47.3 Å². The summed E-state index contributed by atoms with van der Waals surface area (Å²) in [7, 11) is 0. The molecular formula is C48H30N4. The van der Waals surface area contributed by atoms with E-state index in [-0.39, 0.29) is 0 Å². The van der Waals surface area contributed by atoms with Gasteiger partial charge >= 0.3 is 0 Å². The van der Waals surface area contributed by atoms with Crippen LogP contribution in [-0.4, -0.2) is 19.9 Å². The Morgan fingerprint density at radius 1 is 0.308 bits per heavy atom. The number of nitrogens with zero attached hydrogens (tertiary/aromatic N) is 4. The minimum Gasteiger partial charge on any atom is -0.265 e. The number of pyridine rings is 4. The predicted octanol–water partition coefficient (Wildman–Crippen LogP) is 12.2. The first-order chi connectivity index (χ1) is 25.7. The SMILES string of the molecule is c1ccc(-c2cc(-c3ccc4cc5cc(-c6cc(-c7ccncc7)cc(-c7ccncc7)c6)ccc5cc4c3)c3ccc4cccnc4c3n2)cc1. The lowest BCUT2D eigenvalue weighted by molar-refractivity contribution is 1.33. The molecule has 0 amide bonds. The smallest absolute Gasteiger partial charge is 0.0978 e. The van der Waals surface area contributed by atoms with Crippen LogP contribution in [0.4, 0.5) is 0 Å². The minimum absolute atomic E-state index is 0.917. The second-order valence-electron chi connectivity index (χ2n) is 13.2. The molecule has 0 aliphatic carbocycles. The summed E-state index contributed by atoms with van der Waals surface area (Å²) < 4.78 is 0. The van der Waals surface area contributed by atoms with Crippen molar-refractivity contribution in [1.29, 1.82) is 0 Å². The van der Waals surface area contributed by atoms with E-state index in [9.17, 15) is 0 Å². The maximum Gasteiger partial charge on any atom is 0.0978 e. The number of rotatable bonds is 5. The standard InChI is InChI=1S/C48H30N4/c1-2-5-33(6-3-1)46-30-45(44-13-12-34-7-4-18-51-47(34)48(44)52-46)38-11-10-37-24-41-23-36(9-8-35(41)25-42(37)26-38)43-28-39(31-14-19-49-20-15-31)27-40(29-43)32-16-21-50-22-17-32/h1-30H. The van der Waals surface area contributed by atoms with Crippen molar-refractivity contribution in [3.05, 3.63) is 183 Å². The molecule has 0 aliphatic rings. The van der Waals surface area contributed by atoms with E-state index in [1.165, 1.54) is 32.7 Å². The van der Waals surface area contributed by atoms with E-state index in [1.54, 1.807) is 0 Å². The Morgan fingerprint density at radius 3 is 1.58 bits per heavy atom. The van der Waals surface area contributed by atoms with E-state index in [4.69, 9.17) is 9.97 Å². The monoisotopic (exact) mass is 662 g/mol. The first-order valence-electron chi connectivity index (χ1n) is 17.4. The van der Waals surface area contributed by atoms with Crippen LogP contribution in [0.3, 0.4) is 0 Å². The Balaban J connectivity index is 1.10. The van der Waals surface area contributed by atoms with Crippen molar-refractivity contribution in [2.24, 2.45) is 0 Å². The van der Waals surface area contributed by atoms with Crippen molar-refractivity contribution < 1.29 is 0 Å². The Labute approximate surface area is 300 Å². The molecule has 0 bridgehead atoms. The Hall–Kier alpha value is -7.04. The van der Waals surface area contributed by atoms with Crippen molar-refractivity contribution in [2.75, 3.05) is 0 Å². The summed E-state index contributed by atoms with van der Waals surface area (Å²) in [5.41, 5.74) is 13.1. The summed E-state index contributed by atoms with van der Waals surface area (Å²) in [5, 5.41) is 6.98. The van der Waals surface area contributed by atoms with Crippen LogP contribution in [0, 0.1) is 0 Å². The molecule has 4 heterocycles. The van der Waals surface area contributed by atoms with Crippen molar-refractivity contribution in [2.45, 2.75) is 0 Å². The van der Waals surface area contributed by atoms with Crippen molar-refractivity contribution in [1.82, 2.24) is 19.9 Å². The van der Waals surface area contributed by atoms with Gasteiger partial charge in [0.15, 0.2) is 0 Å². The second kappa shape index (κ2) is 12.4. The molecule has 0 fully saturated rings. The molecule has 10 aromatic rings. The van der Waals surface area contributed by atoms with E-state index in [0.29, 0.717) is 0 Å². The van der Waals surface area contributed by atoms with Crippen LogP contribution in [-0.2, 0) is 0 Å². The number of aromatic nitrogens is 4. The van der Waals surface area contributed by atoms with Gasteiger partial charge in [-0.25, -0.2) is 4.98 Å². The molecule has 0 atom stereocenters. The molecule has 0 spiro atoms. The summed E-state index contributed by atoms with van der Waals surface area (Å²) in [6.45, 7) is 0. The van der Waals surface area contributed by atoms with E-state index < -0.39 is 0 Å². The predicted molar refractivity (Wildman–Crippen MR) is 215 cm³/mol. The number of fused-ring (bicyclic) bond motifs is 5. The first kappa shape index (κ1) is 29.8. The van der Waals surface area contributed by atoms with E-state index >= 15 is 0 Å². The van der Waals surface area contributed by atoms with Gasteiger partial charge in [-0.15, -0.1) is 0 Å². The molecule has 10 rings (SSSR count). The molecule has 6 aromatic carbocycles. The molecule has 0 aliphatic heterocycles. The van der Waals surface area contributed by atoms with Crippen LogP contribution < -0.4 is 0 Å². The number of hydrogen-bond acceptors (Lipinski definition) is 4.